The summed E-state index contributed by atoms with van der Waals surface area (Å²) in [6, 6.07) is 2.96. The summed E-state index contributed by atoms with van der Waals surface area (Å²) in [5.41, 5.74) is 1.69. The molecule has 0 spiro atoms. The first-order chi connectivity index (χ1) is 10.0. The van der Waals surface area contributed by atoms with Crippen molar-refractivity contribution < 1.29 is 14.4 Å². The van der Waals surface area contributed by atoms with Crippen LogP contribution in [0.5, 0.6) is 0 Å². The van der Waals surface area contributed by atoms with Crippen LogP contribution in [0.2, 0.25) is 5.02 Å². The summed E-state index contributed by atoms with van der Waals surface area (Å²) in [7, 11) is 1.64. The minimum atomic E-state index is -0.427. The highest BCUT2D eigenvalue weighted by Gasteiger charge is 2.26. The number of hydrogen-bond acceptors (Lipinski definition) is 5. The number of hydrogen-bond donors (Lipinski definition) is 0. The van der Waals surface area contributed by atoms with Gasteiger partial charge < -0.3 is 14.4 Å². The zero-order valence-corrected chi connectivity index (χ0v) is 12.9. The number of ether oxygens (including phenoxy) is 2. The molecule has 0 amide bonds. The van der Waals surface area contributed by atoms with Gasteiger partial charge >= 0.3 is 0 Å². The first-order valence-corrected chi connectivity index (χ1v) is 7.20. The topological polar surface area (TPSA) is 64.8 Å². The highest BCUT2D eigenvalue weighted by atomic mass is 35.5. The summed E-state index contributed by atoms with van der Waals surface area (Å²) in [5, 5.41) is 11.3. The van der Waals surface area contributed by atoms with E-state index in [2.05, 4.69) is 4.90 Å². The third-order valence-electron chi connectivity index (χ3n) is 3.55. The van der Waals surface area contributed by atoms with Gasteiger partial charge in [0, 0.05) is 32.3 Å². The van der Waals surface area contributed by atoms with Gasteiger partial charge in [0.1, 0.15) is 0 Å². The third-order valence-corrected chi connectivity index (χ3v) is 3.84. The van der Waals surface area contributed by atoms with Crippen molar-refractivity contribution in [2.45, 2.75) is 19.4 Å². The van der Waals surface area contributed by atoms with E-state index in [0.717, 1.165) is 30.8 Å². The molecule has 6 nitrogen and oxygen atoms in total. The fourth-order valence-electron chi connectivity index (χ4n) is 2.59. The lowest BCUT2D eigenvalue weighted by atomic mass is 10.1. The molecule has 116 valence electrons. The van der Waals surface area contributed by atoms with Crippen molar-refractivity contribution in [2.24, 2.45) is 0 Å². The molecule has 0 aromatic heterocycles. The highest BCUT2D eigenvalue weighted by molar-refractivity contribution is 6.33. The predicted molar refractivity (Wildman–Crippen MR) is 81.3 cm³/mol. The number of nitro groups is 1. The Morgan fingerprint density at radius 1 is 1.48 bits per heavy atom. The summed E-state index contributed by atoms with van der Waals surface area (Å²) in [4.78, 5) is 12.5. The fourth-order valence-corrected chi connectivity index (χ4v) is 2.97. The van der Waals surface area contributed by atoms with Gasteiger partial charge in [-0.25, -0.2) is 0 Å². The molecule has 0 radical (unpaired) electrons. The van der Waals surface area contributed by atoms with Gasteiger partial charge in [-0.3, -0.25) is 10.1 Å². The van der Waals surface area contributed by atoms with Gasteiger partial charge in [0.15, 0.2) is 0 Å². The third kappa shape index (κ3) is 3.84. The predicted octanol–water partition coefficient (Wildman–Crippen LogP) is 2.80. The molecule has 0 aliphatic carbocycles. The number of rotatable bonds is 6. The molecule has 0 saturated carbocycles. The maximum Gasteiger partial charge on any atom is 0.271 e. The van der Waals surface area contributed by atoms with Gasteiger partial charge in [0.25, 0.3) is 5.69 Å². The van der Waals surface area contributed by atoms with E-state index in [1.165, 1.54) is 6.07 Å². The van der Waals surface area contributed by atoms with Crippen molar-refractivity contribution in [3.05, 3.63) is 32.8 Å². The van der Waals surface area contributed by atoms with Crippen LogP contribution >= 0.6 is 11.6 Å². The molecule has 1 unspecified atom stereocenters. The molecule has 1 atom stereocenters. The van der Waals surface area contributed by atoms with Crippen LogP contribution in [0.4, 0.5) is 11.4 Å². The zero-order chi connectivity index (χ0) is 15.4. The Hall–Kier alpha value is -1.37. The lowest BCUT2D eigenvalue weighted by Gasteiger charge is -2.22. The average Bonchev–Trinajstić information content (AvgIpc) is 2.86. The Balaban J connectivity index is 2.08. The number of nitrogens with zero attached hydrogens (tertiary/aromatic N) is 2. The van der Waals surface area contributed by atoms with Gasteiger partial charge in [-0.2, -0.15) is 0 Å². The monoisotopic (exact) mass is 314 g/mol. The van der Waals surface area contributed by atoms with Crippen LogP contribution in [0.3, 0.4) is 0 Å². The molecule has 0 N–H and O–H groups in total. The minimum absolute atomic E-state index is 0.0216. The number of nitro benzene ring substituents is 1. The van der Waals surface area contributed by atoms with Crippen LogP contribution in [0.25, 0.3) is 0 Å². The Labute approximate surface area is 128 Å². The molecule has 0 bridgehead atoms. The SMILES string of the molecule is COCCOC1CCN(c2c(C)cc([N+](=O)[O-])cc2Cl)C1. The largest absolute Gasteiger partial charge is 0.382 e. The van der Waals surface area contributed by atoms with E-state index in [1.807, 2.05) is 6.92 Å². The first-order valence-electron chi connectivity index (χ1n) is 6.83. The van der Waals surface area contributed by atoms with Gasteiger partial charge in [-0.05, 0) is 18.9 Å². The number of aryl methyl sites for hydroxylation is 1. The smallest absolute Gasteiger partial charge is 0.271 e. The number of non-ortho nitro benzene ring substituents is 1. The second-order valence-electron chi connectivity index (χ2n) is 5.07. The van der Waals surface area contributed by atoms with Crippen molar-refractivity contribution in [1.29, 1.82) is 0 Å². The van der Waals surface area contributed by atoms with Crippen molar-refractivity contribution >= 4 is 23.0 Å². The second kappa shape index (κ2) is 7.06. The molecule has 1 heterocycles. The fraction of sp³-hybridized carbons (Fsp3) is 0.571. The highest BCUT2D eigenvalue weighted by Crippen LogP contribution is 2.35. The van der Waals surface area contributed by atoms with E-state index in [9.17, 15) is 10.1 Å². The van der Waals surface area contributed by atoms with Crippen molar-refractivity contribution in [2.75, 3.05) is 38.3 Å². The Morgan fingerprint density at radius 3 is 2.86 bits per heavy atom. The van der Waals surface area contributed by atoms with E-state index < -0.39 is 4.92 Å². The summed E-state index contributed by atoms with van der Waals surface area (Å²) in [5.74, 6) is 0. The van der Waals surface area contributed by atoms with Crippen LogP contribution < -0.4 is 4.90 Å². The molecular weight excluding hydrogens is 296 g/mol. The van der Waals surface area contributed by atoms with Crippen molar-refractivity contribution in [3.63, 3.8) is 0 Å². The van der Waals surface area contributed by atoms with Crippen LogP contribution in [0, 0.1) is 17.0 Å². The number of anilines is 1. The van der Waals surface area contributed by atoms with Crippen LogP contribution in [0.1, 0.15) is 12.0 Å². The van der Waals surface area contributed by atoms with Gasteiger partial charge in [0.05, 0.1) is 35.0 Å². The first kappa shape index (κ1) is 16.0. The zero-order valence-electron chi connectivity index (χ0n) is 12.2. The van der Waals surface area contributed by atoms with Crippen LogP contribution in [-0.4, -0.2) is 44.4 Å². The summed E-state index contributed by atoms with van der Waals surface area (Å²) in [6.45, 7) is 4.56. The summed E-state index contributed by atoms with van der Waals surface area (Å²) >= 11 is 6.23. The molecule has 1 aliphatic heterocycles. The standard InChI is InChI=1S/C14H19ClN2O4/c1-10-7-11(17(18)19)8-13(15)14(10)16-4-3-12(9-16)21-6-5-20-2/h7-8,12H,3-6,9H2,1-2H3. The maximum absolute atomic E-state index is 10.8. The van der Waals surface area contributed by atoms with Crippen LogP contribution in [0.15, 0.2) is 12.1 Å². The van der Waals surface area contributed by atoms with E-state index in [4.69, 9.17) is 21.1 Å². The molecule has 1 aromatic rings. The summed E-state index contributed by atoms with van der Waals surface area (Å²) in [6.07, 6.45) is 1.06. The molecule has 1 saturated heterocycles. The van der Waals surface area contributed by atoms with Gasteiger partial charge in [-0.15, -0.1) is 0 Å². The molecule has 1 aromatic carbocycles. The summed E-state index contributed by atoms with van der Waals surface area (Å²) < 4.78 is 10.7. The van der Waals surface area contributed by atoms with Crippen molar-refractivity contribution in [3.8, 4) is 0 Å². The molecule has 7 heteroatoms. The molecule has 1 fully saturated rings. The minimum Gasteiger partial charge on any atom is -0.382 e. The van der Waals surface area contributed by atoms with E-state index in [1.54, 1.807) is 13.2 Å². The van der Waals surface area contributed by atoms with Crippen LogP contribution in [-0.2, 0) is 9.47 Å². The number of methoxy groups -OCH3 is 1. The van der Waals surface area contributed by atoms with Gasteiger partial charge in [-0.1, -0.05) is 11.6 Å². The molecular formula is C14H19ClN2O4. The maximum atomic E-state index is 10.8. The molecule has 21 heavy (non-hydrogen) atoms. The number of halogens is 1. The Bertz CT molecular complexity index is 501. The van der Waals surface area contributed by atoms with E-state index in [-0.39, 0.29) is 11.8 Å². The molecule has 2 rings (SSSR count). The Morgan fingerprint density at radius 2 is 2.24 bits per heavy atom. The second-order valence-corrected chi connectivity index (χ2v) is 5.48. The number of benzene rings is 1. The van der Waals surface area contributed by atoms with Gasteiger partial charge in [0.2, 0.25) is 0 Å². The average molecular weight is 315 g/mol. The van der Waals surface area contributed by atoms with E-state index >= 15 is 0 Å². The Kier molecular flexibility index (Phi) is 5.39. The van der Waals surface area contributed by atoms with E-state index in [0.29, 0.717) is 18.2 Å². The lowest BCUT2D eigenvalue weighted by Crippen LogP contribution is -2.24. The quantitative estimate of drug-likeness (QED) is 0.459. The normalized spacial score (nSPS) is 18.2. The molecule has 1 aliphatic rings. The lowest BCUT2D eigenvalue weighted by molar-refractivity contribution is -0.384. The van der Waals surface area contributed by atoms with Crippen molar-refractivity contribution in [1.82, 2.24) is 0 Å².